The molecule has 0 aliphatic heterocycles. The third kappa shape index (κ3) is 7.08. The zero-order valence-electron chi connectivity index (χ0n) is 17.6. The SMILES string of the molecule is CCCCCCCCCCCn1c(CSc2ccc(Cl)cc2)nc2ccccc21. The minimum absolute atomic E-state index is 0.784. The van der Waals surface area contributed by atoms with Crippen LogP contribution in [0.1, 0.15) is 70.5 Å². The molecule has 0 N–H and O–H groups in total. The minimum Gasteiger partial charge on any atom is -0.327 e. The zero-order valence-corrected chi connectivity index (χ0v) is 19.2. The Bertz CT molecular complexity index is 857. The lowest BCUT2D eigenvalue weighted by molar-refractivity contribution is 0.538. The monoisotopic (exact) mass is 428 g/mol. The lowest BCUT2D eigenvalue weighted by atomic mass is 10.1. The van der Waals surface area contributed by atoms with Crippen molar-refractivity contribution in [3.05, 3.63) is 59.4 Å². The van der Waals surface area contributed by atoms with Crippen LogP contribution in [0.25, 0.3) is 11.0 Å². The molecule has 0 atom stereocenters. The van der Waals surface area contributed by atoms with Gasteiger partial charge in [-0.2, -0.15) is 0 Å². The molecule has 2 aromatic carbocycles. The summed E-state index contributed by atoms with van der Waals surface area (Å²) in [6.45, 7) is 3.34. The van der Waals surface area contributed by atoms with Gasteiger partial charge >= 0.3 is 0 Å². The normalized spacial score (nSPS) is 11.4. The number of thioether (sulfide) groups is 1. The van der Waals surface area contributed by atoms with Gasteiger partial charge in [0.2, 0.25) is 0 Å². The van der Waals surface area contributed by atoms with Crippen LogP contribution >= 0.6 is 23.4 Å². The standard InChI is InChI=1S/C25H33ClN2S/c1-2-3-4-5-6-7-8-9-12-19-28-24-14-11-10-13-23(24)27-25(28)20-29-22-17-15-21(26)16-18-22/h10-11,13-18H,2-9,12,19-20H2,1H3. The molecule has 2 nitrogen and oxygen atoms in total. The molecule has 0 saturated heterocycles. The Morgan fingerprint density at radius 1 is 0.828 bits per heavy atom. The number of hydrogen-bond donors (Lipinski definition) is 0. The van der Waals surface area contributed by atoms with Crippen molar-refractivity contribution < 1.29 is 0 Å². The Morgan fingerprint density at radius 3 is 2.21 bits per heavy atom. The summed E-state index contributed by atoms with van der Waals surface area (Å²) in [4.78, 5) is 6.15. The van der Waals surface area contributed by atoms with E-state index < -0.39 is 0 Å². The first-order chi connectivity index (χ1) is 14.3. The van der Waals surface area contributed by atoms with Gasteiger partial charge in [-0.05, 0) is 42.8 Å². The first-order valence-corrected chi connectivity index (χ1v) is 12.5. The average Bonchev–Trinajstić information content (AvgIpc) is 3.10. The van der Waals surface area contributed by atoms with Crippen molar-refractivity contribution in [3.8, 4) is 0 Å². The summed E-state index contributed by atoms with van der Waals surface area (Å²) in [5.41, 5.74) is 2.37. The molecule has 0 aliphatic carbocycles. The summed E-state index contributed by atoms with van der Waals surface area (Å²) in [5.74, 6) is 2.05. The van der Waals surface area contributed by atoms with Crippen LogP contribution in [0.3, 0.4) is 0 Å². The molecule has 0 saturated carbocycles. The van der Waals surface area contributed by atoms with Crippen LogP contribution in [0.5, 0.6) is 0 Å². The summed E-state index contributed by atoms with van der Waals surface area (Å²) >= 11 is 7.83. The lowest BCUT2D eigenvalue weighted by Crippen LogP contribution is -2.03. The Kier molecular flexibility index (Phi) is 9.43. The van der Waals surface area contributed by atoms with E-state index in [1.165, 1.54) is 74.0 Å². The number of para-hydroxylation sites is 2. The Morgan fingerprint density at radius 2 is 1.48 bits per heavy atom. The topological polar surface area (TPSA) is 17.8 Å². The Labute approximate surface area is 185 Å². The predicted molar refractivity (Wildman–Crippen MR) is 128 cm³/mol. The third-order valence-corrected chi connectivity index (χ3v) is 6.66. The molecule has 1 aromatic heterocycles. The fraction of sp³-hybridized carbons (Fsp3) is 0.480. The third-order valence-electron chi connectivity index (χ3n) is 5.40. The molecular formula is C25H33ClN2S. The van der Waals surface area contributed by atoms with Crippen molar-refractivity contribution >= 4 is 34.4 Å². The van der Waals surface area contributed by atoms with Crippen molar-refractivity contribution in [2.45, 2.75) is 81.9 Å². The first kappa shape index (κ1) is 22.2. The van der Waals surface area contributed by atoms with Gasteiger partial charge in [-0.15, -0.1) is 11.8 Å². The number of benzene rings is 2. The van der Waals surface area contributed by atoms with E-state index in [0.29, 0.717) is 0 Å². The second-order valence-corrected chi connectivity index (χ2v) is 9.22. The van der Waals surface area contributed by atoms with Gasteiger partial charge in [-0.1, -0.05) is 82.0 Å². The minimum atomic E-state index is 0.784. The Hall–Kier alpha value is -1.45. The van der Waals surface area contributed by atoms with E-state index in [1.807, 2.05) is 23.9 Å². The summed E-state index contributed by atoms with van der Waals surface area (Å²) in [6.07, 6.45) is 12.2. The highest BCUT2D eigenvalue weighted by Crippen LogP contribution is 2.26. The smallest absolute Gasteiger partial charge is 0.120 e. The maximum atomic E-state index is 6.01. The van der Waals surface area contributed by atoms with Crippen LogP contribution in [0.15, 0.2) is 53.4 Å². The van der Waals surface area contributed by atoms with E-state index in [0.717, 1.165) is 22.8 Å². The molecule has 0 aliphatic rings. The van der Waals surface area contributed by atoms with Gasteiger partial charge in [0, 0.05) is 16.5 Å². The van der Waals surface area contributed by atoms with Crippen LogP contribution in [-0.4, -0.2) is 9.55 Å². The molecule has 156 valence electrons. The largest absolute Gasteiger partial charge is 0.327 e. The molecule has 0 amide bonds. The van der Waals surface area contributed by atoms with E-state index in [1.54, 1.807) is 0 Å². The number of fused-ring (bicyclic) bond motifs is 1. The fourth-order valence-corrected chi connectivity index (χ4v) is 4.72. The average molecular weight is 429 g/mol. The predicted octanol–water partition coefficient (Wildman–Crippen LogP) is 8.51. The fourth-order valence-electron chi connectivity index (χ4n) is 3.74. The molecule has 0 radical (unpaired) electrons. The van der Waals surface area contributed by atoms with Crippen molar-refractivity contribution in [1.29, 1.82) is 0 Å². The number of aromatic nitrogens is 2. The van der Waals surface area contributed by atoms with Crippen molar-refractivity contribution in [2.75, 3.05) is 0 Å². The van der Waals surface area contributed by atoms with Crippen LogP contribution in [0.4, 0.5) is 0 Å². The van der Waals surface area contributed by atoms with E-state index in [4.69, 9.17) is 16.6 Å². The molecular weight excluding hydrogens is 396 g/mol. The number of unbranched alkanes of at least 4 members (excludes halogenated alkanes) is 8. The van der Waals surface area contributed by atoms with Crippen LogP contribution in [0, 0.1) is 0 Å². The number of rotatable bonds is 13. The van der Waals surface area contributed by atoms with Gasteiger partial charge in [0.05, 0.1) is 16.8 Å². The highest BCUT2D eigenvalue weighted by Gasteiger charge is 2.10. The van der Waals surface area contributed by atoms with Crippen molar-refractivity contribution in [1.82, 2.24) is 9.55 Å². The van der Waals surface area contributed by atoms with Crippen LogP contribution < -0.4 is 0 Å². The van der Waals surface area contributed by atoms with Gasteiger partial charge in [-0.25, -0.2) is 4.98 Å². The number of halogens is 1. The molecule has 0 fully saturated rings. The first-order valence-electron chi connectivity index (χ1n) is 11.1. The lowest BCUT2D eigenvalue weighted by Gasteiger charge is -2.09. The van der Waals surface area contributed by atoms with Gasteiger partial charge in [0.1, 0.15) is 5.82 Å². The van der Waals surface area contributed by atoms with E-state index in [2.05, 4.69) is 47.9 Å². The summed E-state index contributed by atoms with van der Waals surface area (Å²) < 4.78 is 2.43. The number of nitrogens with zero attached hydrogens (tertiary/aromatic N) is 2. The van der Waals surface area contributed by atoms with Crippen LogP contribution in [0.2, 0.25) is 5.02 Å². The van der Waals surface area contributed by atoms with Gasteiger partial charge in [0.25, 0.3) is 0 Å². The molecule has 4 heteroatoms. The van der Waals surface area contributed by atoms with Gasteiger partial charge < -0.3 is 4.57 Å². The number of imidazole rings is 1. The molecule has 1 heterocycles. The molecule has 0 unspecified atom stereocenters. The highest BCUT2D eigenvalue weighted by molar-refractivity contribution is 7.98. The highest BCUT2D eigenvalue weighted by atomic mass is 35.5. The number of aryl methyl sites for hydroxylation is 1. The molecule has 0 spiro atoms. The Balaban J connectivity index is 1.52. The van der Waals surface area contributed by atoms with Gasteiger partial charge in [0.15, 0.2) is 0 Å². The number of hydrogen-bond acceptors (Lipinski definition) is 2. The second-order valence-electron chi connectivity index (χ2n) is 7.74. The maximum absolute atomic E-state index is 6.01. The van der Waals surface area contributed by atoms with E-state index >= 15 is 0 Å². The maximum Gasteiger partial charge on any atom is 0.120 e. The molecule has 3 aromatic rings. The summed E-state index contributed by atoms with van der Waals surface area (Å²) in [6, 6.07) is 16.6. The zero-order chi connectivity index (χ0) is 20.3. The van der Waals surface area contributed by atoms with Gasteiger partial charge in [-0.3, -0.25) is 0 Å². The summed E-state index contributed by atoms with van der Waals surface area (Å²) in [7, 11) is 0. The molecule has 3 rings (SSSR count). The van der Waals surface area contributed by atoms with Crippen molar-refractivity contribution in [2.24, 2.45) is 0 Å². The second kappa shape index (κ2) is 12.3. The summed E-state index contributed by atoms with van der Waals surface area (Å²) in [5, 5.41) is 0.784. The molecule has 29 heavy (non-hydrogen) atoms. The quantitative estimate of drug-likeness (QED) is 0.200. The van der Waals surface area contributed by atoms with Crippen LogP contribution in [-0.2, 0) is 12.3 Å². The van der Waals surface area contributed by atoms with Crippen molar-refractivity contribution in [3.63, 3.8) is 0 Å². The molecule has 0 bridgehead atoms. The van der Waals surface area contributed by atoms with E-state index in [9.17, 15) is 0 Å². The van der Waals surface area contributed by atoms with E-state index in [-0.39, 0.29) is 0 Å².